The Labute approximate surface area is 174 Å². The summed E-state index contributed by atoms with van der Waals surface area (Å²) in [6.45, 7) is 9.99. The van der Waals surface area contributed by atoms with Crippen molar-refractivity contribution in [3.63, 3.8) is 0 Å². The lowest BCUT2D eigenvalue weighted by Gasteiger charge is -2.30. The van der Waals surface area contributed by atoms with Gasteiger partial charge in [0, 0.05) is 21.4 Å². The molecule has 1 saturated heterocycles. The first kappa shape index (κ1) is 20.8. The molecule has 3 aromatic rings. The van der Waals surface area contributed by atoms with E-state index in [1.54, 1.807) is 11.3 Å². The quantitative estimate of drug-likeness (QED) is 0.668. The summed E-state index contributed by atoms with van der Waals surface area (Å²) < 4.78 is 5.41. The van der Waals surface area contributed by atoms with Crippen LogP contribution in [0.15, 0.2) is 16.7 Å². The van der Waals surface area contributed by atoms with E-state index in [-0.39, 0.29) is 24.4 Å². The van der Waals surface area contributed by atoms with E-state index in [1.165, 1.54) is 9.75 Å². The second kappa shape index (κ2) is 8.19. The minimum atomic E-state index is -0.0849. The average molecular weight is 421 g/mol. The van der Waals surface area contributed by atoms with Gasteiger partial charge in [0.25, 0.3) is 11.6 Å². The lowest BCUT2D eigenvalue weighted by Crippen LogP contribution is -2.48. The maximum Gasteiger partial charge on any atom is 0.259 e. The first-order chi connectivity index (χ1) is 12.9. The Morgan fingerprint density at radius 1 is 1.32 bits per heavy atom. The fourth-order valence-corrected chi connectivity index (χ4v) is 4.70. The van der Waals surface area contributed by atoms with Gasteiger partial charge >= 0.3 is 0 Å². The fourth-order valence-electron chi connectivity index (χ4n) is 3.77. The summed E-state index contributed by atoms with van der Waals surface area (Å²) in [5, 5.41) is 11.3. The molecule has 6 nitrogen and oxygen atoms in total. The molecule has 4 rings (SSSR count). The van der Waals surface area contributed by atoms with E-state index in [4.69, 9.17) is 4.52 Å². The second-order valence-corrected chi connectivity index (χ2v) is 8.84. The molecule has 0 saturated carbocycles. The molecule has 2 atom stereocenters. The second-order valence-electron chi connectivity index (χ2n) is 7.38. The first-order valence-electron chi connectivity index (χ1n) is 9.30. The number of fused-ring (bicyclic) bond motifs is 1. The molecule has 4 heterocycles. The Hall–Kier alpha value is -1.96. The van der Waals surface area contributed by atoms with Crippen molar-refractivity contribution in [2.75, 3.05) is 13.1 Å². The minimum Gasteiger partial charge on any atom is -0.349 e. The number of halogens is 1. The van der Waals surface area contributed by atoms with Gasteiger partial charge in [0.15, 0.2) is 0 Å². The van der Waals surface area contributed by atoms with Crippen LogP contribution < -0.4 is 10.6 Å². The van der Waals surface area contributed by atoms with Crippen molar-refractivity contribution in [2.45, 2.75) is 40.2 Å². The topological polar surface area (TPSA) is 80.0 Å². The largest absolute Gasteiger partial charge is 0.349 e. The molecule has 1 fully saturated rings. The molecule has 1 aliphatic rings. The maximum absolute atomic E-state index is 13.2. The molecule has 150 valence electrons. The van der Waals surface area contributed by atoms with E-state index in [0.29, 0.717) is 28.3 Å². The van der Waals surface area contributed by atoms with Crippen LogP contribution >= 0.6 is 23.7 Å². The van der Waals surface area contributed by atoms with Crippen LogP contribution in [0.1, 0.15) is 39.2 Å². The molecule has 2 N–H and O–H groups in total. The van der Waals surface area contributed by atoms with Crippen molar-refractivity contribution in [3.8, 4) is 11.3 Å². The molecule has 8 heteroatoms. The molecule has 0 aliphatic carbocycles. The van der Waals surface area contributed by atoms with Crippen molar-refractivity contribution >= 4 is 40.8 Å². The van der Waals surface area contributed by atoms with Gasteiger partial charge in [-0.15, -0.1) is 23.7 Å². The smallest absolute Gasteiger partial charge is 0.259 e. The molecule has 1 amide bonds. The Morgan fingerprint density at radius 3 is 2.79 bits per heavy atom. The highest BCUT2D eigenvalue weighted by Crippen LogP contribution is 2.33. The minimum absolute atomic E-state index is 0. The summed E-state index contributed by atoms with van der Waals surface area (Å²) in [7, 11) is 0. The molecule has 0 spiro atoms. The van der Waals surface area contributed by atoms with Gasteiger partial charge in [-0.05, 0) is 58.3 Å². The Bertz CT molecular complexity index is 1010. The van der Waals surface area contributed by atoms with Crippen molar-refractivity contribution in [1.29, 1.82) is 0 Å². The van der Waals surface area contributed by atoms with Gasteiger partial charge in [-0.1, -0.05) is 12.1 Å². The van der Waals surface area contributed by atoms with Gasteiger partial charge in [0.05, 0.1) is 22.3 Å². The number of aryl methyl sites for hydroxylation is 3. The highest BCUT2D eigenvalue weighted by Gasteiger charge is 2.26. The van der Waals surface area contributed by atoms with Gasteiger partial charge in [-0.25, -0.2) is 4.98 Å². The normalized spacial score (nSPS) is 19.4. The number of carbonyl (C=O) groups is 1. The van der Waals surface area contributed by atoms with Crippen LogP contribution in [0.4, 0.5) is 0 Å². The van der Waals surface area contributed by atoms with E-state index in [1.807, 2.05) is 13.0 Å². The Balaban J connectivity index is 0.00000225. The number of aromatic nitrogens is 2. The van der Waals surface area contributed by atoms with Crippen LogP contribution in [0, 0.1) is 26.7 Å². The zero-order valence-corrected chi connectivity index (χ0v) is 18.1. The highest BCUT2D eigenvalue weighted by atomic mass is 35.5. The first-order valence-corrected chi connectivity index (χ1v) is 10.1. The maximum atomic E-state index is 13.2. The third kappa shape index (κ3) is 3.79. The molecule has 1 aliphatic heterocycles. The predicted molar refractivity (Wildman–Crippen MR) is 114 cm³/mol. The molecule has 0 bridgehead atoms. The fraction of sp³-hybridized carbons (Fsp3) is 0.450. The van der Waals surface area contributed by atoms with E-state index in [0.717, 1.165) is 30.8 Å². The summed E-state index contributed by atoms with van der Waals surface area (Å²) in [5.41, 5.74) is 3.48. The molecule has 0 aromatic carbocycles. The van der Waals surface area contributed by atoms with Crippen LogP contribution in [0.2, 0.25) is 0 Å². The summed E-state index contributed by atoms with van der Waals surface area (Å²) in [6, 6.07) is 4.14. The van der Waals surface area contributed by atoms with Crippen LogP contribution in [0.5, 0.6) is 0 Å². The Kier molecular flexibility index (Phi) is 6.07. The van der Waals surface area contributed by atoms with Crippen molar-refractivity contribution < 1.29 is 9.32 Å². The third-order valence-electron chi connectivity index (χ3n) is 5.28. The van der Waals surface area contributed by atoms with Crippen molar-refractivity contribution in [1.82, 2.24) is 20.8 Å². The van der Waals surface area contributed by atoms with Crippen LogP contribution in [0.25, 0.3) is 22.4 Å². The number of pyridine rings is 1. The molecular weight excluding hydrogens is 396 g/mol. The van der Waals surface area contributed by atoms with Crippen molar-refractivity contribution in [3.05, 3.63) is 33.1 Å². The zero-order valence-electron chi connectivity index (χ0n) is 16.5. The number of thiophene rings is 1. The van der Waals surface area contributed by atoms with E-state index in [9.17, 15) is 4.79 Å². The SMILES string of the molecule is Cc1cc(-c2cc(C(=O)NC3CCNCC3C)c3c(C)noc3n2)c(C)s1.Cl. The number of rotatable bonds is 3. The summed E-state index contributed by atoms with van der Waals surface area (Å²) in [6.07, 6.45) is 0.930. The molecule has 0 radical (unpaired) electrons. The number of carbonyl (C=O) groups excluding carboxylic acids is 1. The molecule has 28 heavy (non-hydrogen) atoms. The zero-order chi connectivity index (χ0) is 19.1. The molecular formula is C20H25ClN4O2S. The Morgan fingerprint density at radius 2 is 2.11 bits per heavy atom. The number of nitrogens with one attached hydrogen (secondary N) is 2. The monoisotopic (exact) mass is 420 g/mol. The van der Waals surface area contributed by atoms with Gasteiger partial charge in [0.1, 0.15) is 0 Å². The highest BCUT2D eigenvalue weighted by molar-refractivity contribution is 7.12. The summed E-state index contributed by atoms with van der Waals surface area (Å²) in [4.78, 5) is 20.2. The van der Waals surface area contributed by atoms with Gasteiger partial charge < -0.3 is 15.2 Å². The lowest BCUT2D eigenvalue weighted by atomic mass is 9.94. The van der Waals surface area contributed by atoms with E-state index in [2.05, 4.69) is 47.6 Å². The number of nitrogens with zero attached hydrogens (tertiary/aromatic N) is 2. The third-order valence-corrected chi connectivity index (χ3v) is 6.25. The number of hydrogen-bond donors (Lipinski definition) is 2. The van der Waals surface area contributed by atoms with Gasteiger partial charge in [-0.3, -0.25) is 4.79 Å². The predicted octanol–water partition coefficient (Wildman–Crippen LogP) is 4.03. The van der Waals surface area contributed by atoms with Gasteiger partial charge in [-0.2, -0.15) is 0 Å². The molecule has 3 aromatic heterocycles. The van der Waals surface area contributed by atoms with Crippen molar-refractivity contribution in [2.24, 2.45) is 5.92 Å². The standard InChI is InChI=1S/C20H24N4O2S.ClH/c1-10-9-21-6-5-16(10)22-19(25)15-8-17(14-7-11(2)27-13(14)4)23-20-18(15)12(3)24-26-20;/h7-8,10,16,21H,5-6,9H2,1-4H3,(H,22,25);1H. The van der Waals surface area contributed by atoms with E-state index < -0.39 is 0 Å². The number of piperidine rings is 1. The summed E-state index contributed by atoms with van der Waals surface area (Å²) in [5.74, 6) is 0.308. The van der Waals surface area contributed by atoms with E-state index >= 15 is 0 Å². The van der Waals surface area contributed by atoms with Crippen LogP contribution in [-0.4, -0.2) is 35.2 Å². The van der Waals surface area contributed by atoms with Gasteiger partial charge in [0.2, 0.25) is 0 Å². The number of amides is 1. The van der Waals surface area contributed by atoms with Crippen LogP contribution in [0.3, 0.4) is 0 Å². The summed E-state index contributed by atoms with van der Waals surface area (Å²) >= 11 is 1.72. The van der Waals surface area contributed by atoms with Crippen LogP contribution in [-0.2, 0) is 0 Å². The molecule has 2 unspecified atom stereocenters. The lowest BCUT2D eigenvalue weighted by molar-refractivity contribution is 0.0916. The average Bonchev–Trinajstić information content (AvgIpc) is 3.18. The number of hydrogen-bond acceptors (Lipinski definition) is 6.